The summed E-state index contributed by atoms with van der Waals surface area (Å²) < 4.78 is 26.5. The number of likely N-dealkylation sites (tertiary alicyclic amines) is 1. The van der Waals surface area contributed by atoms with Crippen LogP contribution >= 0.6 is 0 Å². The molecule has 2 aromatic heterocycles. The van der Waals surface area contributed by atoms with Gasteiger partial charge in [-0.2, -0.15) is 10.2 Å². The lowest BCUT2D eigenvalue weighted by Gasteiger charge is -2.43. The van der Waals surface area contributed by atoms with Gasteiger partial charge in [0.05, 0.1) is 31.4 Å². The van der Waals surface area contributed by atoms with Gasteiger partial charge >= 0.3 is 0 Å². The lowest BCUT2D eigenvalue weighted by Crippen LogP contribution is -2.56. The summed E-state index contributed by atoms with van der Waals surface area (Å²) in [6.07, 6.45) is 2.18. The smallest absolute Gasteiger partial charge is 0.272 e. The topological polar surface area (TPSA) is 146 Å². The van der Waals surface area contributed by atoms with Crippen LogP contribution in [-0.4, -0.2) is 111 Å². The van der Waals surface area contributed by atoms with Crippen LogP contribution in [0.15, 0.2) is 67.4 Å². The molecule has 0 aliphatic carbocycles. The Morgan fingerprint density at radius 1 is 1.00 bits per heavy atom. The van der Waals surface area contributed by atoms with E-state index in [-0.39, 0.29) is 35.9 Å². The first-order chi connectivity index (χ1) is 23.0. The molecule has 0 saturated carbocycles. The first kappa shape index (κ1) is 30.4. The van der Waals surface area contributed by atoms with Gasteiger partial charge in [-0.3, -0.25) is 9.69 Å². The highest BCUT2D eigenvalue weighted by Gasteiger charge is 2.34. The van der Waals surface area contributed by atoms with Crippen molar-refractivity contribution in [2.24, 2.45) is 0 Å². The summed E-state index contributed by atoms with van der Waals surface area (Å²) in [5.74, 6) is 0.631. The van der Waals surface area contributed by atoms with Crippen LogP contribution in [0.1, 0.15) is 22.5 Å². The van der Waals surface area contributed by atoms with Gasteiger partial charge in [0.1, 0.15) is 36.3 Å². The van der Waals surface area contributed by atoms with Gasteiger partial charge in [-0.05, 0) is 48.5 Å². The number of aromatic nitrogens is 5. The second-order valence-corrected chi connectivity index (χ2v) is 11.6. The molecule has 240 valence electrons. The summed E-state index contributed by atoms with van der Waals surface area (Å²) in [4.78, 5) is 39.9. The maximum Gasteiger partial charge on any atom is 0.272 e. The van der Waals surface area contributed by atoms with Gasteiger partial charge in [0, 0.05) is 62.3 Å². The zero-order valence-electron chi connectivity index (χ0n) is 25.6. The molecule has 0 radical (unpaired) electrons. The second-order valence-electron chi connectivity index (χ2n) is 11.6. The second kappa shape index (κ2) is 13.6. The van der Waals surface area contributed by atoms with Gasteiger partial charge in [-0.15, -0.1) is 0 Å². The molecular weight excluding hydrogens is 603 g/mol. The summed E-state index contributed by atoms with van der Waals surface area (Å²) in [5, 5.41) is 13.1. The van der Waals surface area contributed by atoms with Crippen LogP contribution < -0.4 is 15.0 Å². The van der Waals surface area contributed by atoms with Crippen LogP contribution in [-0.2, 0) is 4.74 Å². The molecule has 0 bridgehead atoms. The first-order valence-corrected chi connectivity index (χ1v) is 15.6. The third kappa shape index (κ3) is 6.81. The summed E-state index contributed by atoms with van der Waals surface area (Å²) in [6.45, 7) is 5.88. The number of halogens is 1. The van der Waals surface area contributed by atoms with E-state index in [9.17, 15) is 10.1 Å². The SMILES string of the molecule is N#Cc1cc(-c2ncnc(Nc3ccc(N4CCN(C5COC5)CC4)cc3)n2)ccc1OC1CCN(C(=O)c2ccncn2)CC1F. The van der Waals surface area contributed by atoms with Gasteiger partial charge in [-0.1, -0.05) is 0 Å². The number of carbonyl (C=O) groups is 1. The maximum absolute atomic E-state index is 15.2. The Hall–Kier alpha value is -5.26. The quantitative estimate of drug-likeness (QED) is 0.303. The standard InChI is InChI=1S/C33H33FN10O3/c34-27-17-44(32(45)28-7-9-36-20-37-28)10-8-30(27)47-29-6-1-22(15-23(29)16-35)31-38-21-39-33(41-31)40-24-2-4-25(5-3-24)42-11-13-43(14-12-42)26-18-46-19-26/h1-7,9,15,20-21,26-27,30H,8,10-14,17-19H2,(H,38,39,40,41). The molecule has 3 saturated heterocycles. The van der Waals surface area contributed by atoms with Gasteiger partial charge in [0.25, 0.3) is 5.91 Å². The van der Waals surface area contributed by atoms with Crippen LogP contribution in [0.5, 0.6) is 5.75 Å². The molecule has 3 aliphatic rings. The molecule has 3 aliphatic heterocycles. The minimum absolute atomic E-state index is 0.135. The van der Waals surface area contributed by atoms with Crippen molar-refractivity contribution in [3.8, 4) is 23.2 Å². The molecule has 1 N–H and O–H groups in total. The number of amides is 1. The molecule has 3 fully saturated rings. The molecule has 7 rings (SSSR count). The number of ether oxygens (including phenoxy) is 2. The summed E-state index contributed by atoms with van der Waals surface area (Å²) in [7, 11) is 0. The predicted molar refractivity (Wildman–Crippen MR) is 170 cm³/mol. The van der Waals surface area contributed by atoms with Crippen LogP contribution in [0.2, 0.25) is 0 Å². The normalized spacial score (nSPS) is 20.3. The Labute approximate surface area is 271 Å². The fraction of sp³-hybridized carbons (Fsp3) is 0.364. The summed E-state index contributed by atoms with van der Waals surface area (Å²) in [5.41, 5.74) is 3.03. The number of piperidine rings is 1. The third-order valence-corrected chi connectivity index (χ3v) is 8.72. The van der Waals surface area contributed by atoms with E-state index in [0.29, 0.717) is 29.9 Å². The molecular formula is C33H33FN10O3. The number of rotatable bonds is 8. The summed E-state index contributed by atoms with van der Waals surface area (Å²) in [6, 6.07) is 17.3. The number of nitriles is 1. The Kier molecular flexibility index (Phi) is 8.81. The van der Waals surface area contributed by atoms with Crippen molar-refractivity contribution in [1.82, 2.24) is 34.7 Å². The maximum atomic E-state index is 15.2. The number of nitrogens with one attached hydrogen (secondary N) is 1. The highest BCUT2D eigenvalue weighted by Crippen LogP contribution is 2.29. The number of benzene rings is 2. The van der Waals surface area contributed by atoms with Gasteiger partial charge < -0.3 is 24.6 Å². The van der Waals surface area contributed by atoms with Crippen LogP contribution in [0.3, 0.4) is 0 Å². The number of nitrogens with zero attached hydrogens (tertiary/aromatic N) is 9. The molecule has 2 unspecified atom stereocenters. The number of hydrogen-bond acceptors (Lipinski definition) is 12. The van der Waals surface area contributed by atoms with E-state index >= 15 is 4.39 Å². The average molecular weight is 637 g/mol. The van der Waals surface area contributed by atoms with Gasteiger partial charge in [-0.25, -0.2) is 24.3 Å². The molecule has 47 heavy (non-hydrogen) atoms. The highest BCUT2D eigenvalue weighted by atomic mass is 19.1. The van der Waals surface area contributed by atoms with E-state index in [4.69, 9.17) is 9.47 Å². The largest absolute Gasteiger partial charge is 0.486 e. The minimum atomic E-state index is -1.44. The van der Waals surface area contributed by atoms with Gasteiger partial charge in [0.2, 0.25) is 5.95 Å². The molecule has 4 aromatic rings. The van der Waals surface area contributed by atoms with Gasteiger partial charge in [0.15, 0.2) is 12.0 Å². The lowest BCUT2D eigenvalue weighted by molar-refractivity contribution is -0.0660. The van der Waals surface area contributed by atoms with Crippen molar-refractivity contribution in [2.75, 3.05) is 62.7 Å². The van der Waals surface area contributed by atoms with E-state index in [2.05, 4.69) is 58.2 Å². The number of alkyl halides is 1. The van der Waals surface area contributed by atoms with Crippen LogP contribution in [0, 0.1) is 11.3 Å². The highest BCUT2D eigenvalue weighted by molar-refractivity contribution is 5.92. The van der Waals surface area contributed by atoms with E-state index in [1.165, 1.54) is 35.5 Å². The van der Waals surface area contributed by atoms with Crippen molar-refractivity contribution in [1.29, 1.82) is 5.26 Å². The lowest BCUT2D eigenvalue weighted by atomic mass is 10.0. The van der Waals surface area contributed by atoms with Crippen molar-refractivity contribution in [2.45, 2.75) is 24.7 Å². The molecule has 13 nitrogen and oxygen atoms in total. The van der Waals surface area contributed by atoms with E-state index < -0.39 is 12.3 Å². The molecule has 14 heteroatoms. The Bertz CT molecular complexity index is 1740. The zero-order valence-corrected chi connectivity index (χ0v) is 25.6. The van der Waals surface area contributed by atoms with E-state index in [1.807, 2.05) is 12.1 Å². The molecule has 5 heterocycles. The number of carbonyl (C=O) groups excluding carboxylic acids is 1. The van der Waals surface area contributed by atoms with Crippen LogP contribution in [0.4, 0.5) is 21.7 Å². The fourth-order valence-electron chi connectivity index (χ4n) is 5.96. The van der Waals surface area contributed by atoms with Crippen molar-refractivity contribution >= 4 is 23.2 Å². The Morgan fingerprint density at radius 3 is 2.53 bits per heavy atom. The first-order valence-electron chi connectivity index (χ1n) is 15.6. The van der Waals surface area contributed by atoms with Crippen LogP contribution in [0.25, 0.3) is 11.4 Å². The number of hydrogen-bond donors (Lipinski definition) is 1. The average Bonchev–Trinajstić information content (AvgIpc) is 3.09. The Morgan fingerprint density at radius 2 is 1.83 bits per heavy atom. The summed E-state index contributed by atoms with van der Waals surface area (Å²) >= 11 is 0. The number of piperazine rings is 1. The Balaban J connectivity index is 0.965. The number of anilines is 3. The third-order valence-electron chi connectivity index (χ3n) is 8.72. The molecule has 0 spiro atoms. The minimum Gasteiger partial charge on any atom is -0.486 e. The zero-order chi connectivity index (χ0) is 32.2. The van der Waals surface area contributed by atoms with E-state index in [0.717, 1.165) is 45.1 Å². The predicted octanol–water partition coefficient (Wildman–Crippen LogP) is 3.10. The van der Waals surface area contributed by atoms with Crippen molar-refractivity contribution in [3.05, 3.63) is 78.6 Å². The molecule has 2 aromatic carbocycles. The fourth-order valence-corrected chi connectivity index (χ4v) is 5.96. The van der Waals surface area contributed by atoms with Crippen molar-refractivity contribution < 1.29 is 18.7 Å². The monoisotopic (exact) mass is 636 g/mol. The molecule has 2 atom stereocenters. The van der Waals surface area contributed by atoms with Crippen molar-refractivity contribution in [3.63, 3.8) is 0 Å². The molecule has 1 amide bonds. The van der Waals surface area contributed by atoms with E-state index in [1.54, 1.807) is 18.2 Å².